The first kappa shape index (κ1) is 12.0. The molecule has 1 aliphatic rings. The summed E-state index contributed by atoms with van der Waals surface area (Å²) in [7, 11) is 0. The Kier molecular flexibility index (Phi) is 2.85. The molecule has 1 aromatic carbocycles. The lowest BCUT2D eigenvalue weighted by atomic mass is 10.1. The minimum atomic E-state index is -0.322. The standard InChI is InChI=1S/C15H15FN2O/c1-11-14-3-2-8-17(14)9-10-18(11)15(19)12-4-6-13(16)7-5-12/h2-8,11H,9-10H2,1H3. The summed E-state index contributed by atoms with van der Waals surface area (Å²) < 4.78 is 15.1. The minimum Gasteiger partial charge on any atom is -0.348 e. The smallest absolute Gasteiger partial charge is 0.254 e. The number of carbonyl (C=O) groups is 1. The van der Waals surface area contributed by atoms with Gasteiger partial charge in [-0.05, 0) is 43.3 Å². The molecule has 2 heterocycles. The van der Waals surface area contributed by atoms with Gasteiger partial charge in [0, 0.05) is 30.5 Å². The second-order valence-electron chi connectivity index (χ2n) is 4.81. The van der Waals surface area contributed by atoms with Gasteiger partial charge in [0.25, 0.3) is 5.91 Å². The molecule has 0 saturated carbocycles. The van der Waals surface area contributed by atoms with E-state index in [1.54, 1.807) is 0 Å². The number of fused-ring (bicyclic) bond motifs is 1. The van der Waals surface area contributed by atoms with E-state index in [1.807, 2.05) is 30.2 Å². The lowest BCUT2D eigenvalue weighted by Crippen LogP contribution is -2.40. The summed E-state index contributed by atoms with van der Waals surface area (Å²) in [4.78, 5) is 14.3. The maximum atomic E-state index is 12.9. The molecule has 0 aliphatic carbocycles. The van der Waals surface area contributed by atoms with Crippen LogP contribution in [0.2, 0.25) is 0 Å². The van der Waals surface area contributed by atoms with Gasteiger partial charge >= 0.3 is 0 Å². The predicted octanol–water partition coefficient (Wildman–Crippen LogP) is 2.84. The van der Waals surface area contributed by atoms with Gasteiger partial charge in [-0.3, -0.25) is 4.79 Å². The van der Waals surface area contributed by atoms with Gasteiger partial charge < -0.3 is 9.47 Å². The Labute approximate surface area is 111 Å². The molecule has 2 aromatic rings. The zero-order chi connectivity index (χ0) is 13.4. The van der Waals surface area contributed by atoms with Crippen LogP contribution >= 0.6 is 0 Å². The van der Waals surface area contributed by atoms with Crippen molar-refractivity contribution < 1.29 is 9.18 Å². The quantitative estimate of drug-likeness (QED) is 0.772. The Bertz CT molecular complexity index is 603. The molecule has 0 bridgehead atoms. The molecule has 1 aromatic heterocycles. The van der Waals surface area contributed by atoms with Crippen molar-refractivity contribution in [2.45, 2.75) is 19.5 Å². The van der Waals surface area contributed by atoms with E-state index < -0.39 is 0 Å². The number of rotatable bonds is 1. The predicted molar refractivity (Wildman–Crippen MR) is 70.3 cm³/mol. The van der Waals surface area contributed by atoms with Gasteiger partial charge in [-0.15, -0.1) is 0 Å². The molecule has 1 unspecified atom stereocenters. The highest BCUT2D eigenvalue weighted by molar-refractivity contribution is 5.94. The summed E-state index contributed by atoms with van der Waals surface area (Å²) in [6.45, 7) is 3.51. The number of hydrogen-bond acceptors (Lipinski definition) is 1. The van der Waals surface area contributed by atoms with Crippen LogP contribution < -0.4 is 0 Å². The van der Waals surface area contributed by atoms with Crippen LogP contribution in [0, 0.1) is 5.82 Å². The Morgan fingerprint density at radius 1 is 1.21 bits per heavy atom. The molecule has 98 valence electrons. The van der Waals surface area contributed by atoms with E-state index >= 15 is 0 Å². The molecule has 1 amide bonds. The zero-order valence-corrected chi connectivity index (χ0v) is 10.7. The SMILES string of the molecule is CC1c2cccn2CCN1C(=O)c1ccc(F)cc1. The van der Waals surface area contributed by atoms with Crippen LogP contribution in [0.4, 0.5) is 4.39 Å². The summed E-state index contributed by atoms with van der Waals surface area (Å²) in [5, 5.41) is 0. The van der Waals surface area contributed by atoms with Gasteiger partial charge in [-0.25, -0.2) is 4.39 Å². The van der Waals surface area contributed by atoms with Crippen LogP contribution in [0.15, 0.2) is 42.6 Å². The zero-order valence-electron chi connectivity index (χ0n) is 10.7. The van der Waals surface area contributed by atoms with Crippen molar-refractivity contribution in [1.82, 2.24) is 9.47 Å². The summed E-state index contributed by atoms with van der Waals surface area (Å²) >= 11 is 0. The second-order valence-corrected chi connectivity index (χ2v) is 4.81. The molecular formula is C15H15FN2O. The second kappa shape index (κ2) is 4.53. The molecule has 1 aliphatic heterocycles. The van der Waals surface area contributed by atoms with Crippen molar-refractivity contribution in [3.05, 3.63) is 59.7 Å². The Hall–Kier alpha value is -2.10. The van der Waals surface area contributed by atoms with Crippen molar-refractivity contribution in [3.8, 4) is 0 Å². The molecule has 0 radical (unpaired) electrons. The van der Waals surface area contributed by atoms with E-state index in [2.05, 4.69) is 4.57 Å². The first-order valence-electron chi connectivity index (χ1n) is 6.38. The summed E-state index contributed by atoms with van der Waals surface area (Å²) in [6, 6.07) is 9.80. The van der Waals surface area contributed by atoms with Crippen LogP contribution in [0.1, 0.15) is 29.0 Å². The van der Waals surface area contributed by atoms with Crippen molar-refractivity contribution in [3.63, 3.8) is 0 Å². The number of carbonyl (C=O) groups excluding carboxylic acids is 1. The molecular weight excluding hydrogens is 243 g/mol. The van der Waals surface area contributed by atoms with Gasteiger partial charge in [-0.2, -0.15) is 0 Å². The fraction of sp³-hybridized carbons (Fsp3) is 0.267. The first-order valence-corrected chi connectivity index (χ1v) is 6.38. The summed E-state index contributed by atoms with van der Waals surface area (Å²) in [5.74, 6) is -0.364. The normalized spacial score (nSPS) is 18.2. The van der Waals surface area contributed by atoms with E-state index in [9.17, 15) is 9.18 Å². The minimum absolute atomic E-state index is 0.0417. The first-order chi connectivity index (χ1) is 9.16. The van der Waals surface area contributed by atoms with Crippen molar-refractivity contribution in [1.29, 1.82) is 0 Å². The molecule has 0 fully saturated rings. The molecule has 4 heteroatoms. The van der Waals surface area contributed by atoms with E-state index in [1.165, 1.54) is 24.3 Å². The lowest BCUT2D eigenvalue weighted by Gasteiger charge is -2.35. The molecule has 0 N–H and O–H groups in total. The lowest BCUT2D eigenvalue weighted by molar-refractivity contribution is 0.0644. The number of nitrogens with zero attached hydrogens (tertiary/aromatic N) is 2. The third-order valence-corrected chi connectivity index (χ3v) is 3.69. The largest absolute Gasteiger partial charge is 0.348 e. The average Bonchev–Trinajstić information content (AvgIpc) is 2.88. The van der Waals surface area contributed by atoms with Crippen LogP contribution in [0.25, 0.3) is 0 Å². The third kappa shape index (κ3) is 2.03. The van der Waals surface area contributed by atoms with Crippen LogP contribution in [-0.4, -0.2) is 21.9 Å². The van der Waals surface area contributed by atoms with Crippen molar-refractivity contribution >= 4 is 5.91 Å². The number of hydrogen-bond donors (Lipinski definition) is 0. The monoisotopic (exact) mass is 258 g/mol. The molecule has 0 spiro atoms. The van der Waals surface area contributed by atoms with Crippen molar-refractivity contribution in [2.24, 2.45) is 0 Å². The molecule has 19 heavy (non-hydrogen) atoms. The Balaban J connectivity index is 1.87. The highest BCUT2D eigenvalue weighted by atomic mass is 19.1. The fourth-order valence-electron chi connectivity index (χ4n) is 2.61. The van der Waals surface area contributed by atoms with Crippen LogP contribution in [-0.2, 0) is 6.54 Å². The maximum Gasteiger partial charge on any atom is 0.254 e. The molecule has 0 saturated heterocycles. The topological polar surface area (TPSA) is 25.2 Å². The highest BCUT2D eigenvalue weighted by Crippen LogP contribution is 2.26. The number of halogens is 1. The molecule has 1 atom stereocenters. The van der Waals surface area contributed by atoms with Gasteiger partial charge in [0.05, 0.1) is 6.04 Å². The fourth-order valence-corrected chi connectivity index (χ4v) is 2.61. The number of amides is 1. The maximum absolute atomic E-state index is 12.9. The van der Waals surface area contributed by atoms with E-state index in [0.29, 0.717) is 12.1 Å². The van der Waals surface area contributed by atoms with Gasteiger partial charge in [0.1, 0.15) is 5.82 Å². The average molecular weight is 258 g/mol. The van der Waals surface area contributed by atoms with Crippen molar-refractivity contribution in [2.75, 3.05) is 6.54 Å². The summed E-state index contributed by atoms with van der Waals surface area (Å²) in [5.41, 5.74) is 1.68. The van der Waals surface area contributed by atoms with Gasteiger partial charge in [-0.1, -0.05) is 0 Å². The van der Waals surface area contributed by atoms with E-state index in [0.717, 1.165) is 12.2 Å². The van der Waals surface area contributed by atoms with E-state index in [-0.39, 0.29) is 17.8 Å². The van der Waals surface area contributed by atoms with E-state index in [4.69, 9.17) is 0 Å². The number of benzene rings is 1. The third-order valence-electron chi connectivity index (χ3n) is 3.69. The highest BCUT2D eigenvalue weighted by Gasteiger charge is 2.27. The molecule has 3 nitrogen and oxygen atoms in total. The Morgan fingerprint density at radius 3 is 2.68 bits per heavy atom. The number of aromatic nitrogens is 1. The van der Waals surface area contributed by atoms with Gasteiger partial charge in [0.2, 0.25) is 0 Å². The molecule has 3 rings (SSSR count). The van der Waals surface area contributed by atoms with Crippen LogP contribution in [0.3, 0.4) is 0 Å². The Morgan fingerprint density at radius 2 is 1.95 bits per heavy atom. The summed E-state index contributed by atoms with van der Waals surface area (Å²) in [6.07, 6.45) is 2.03. The van der Waals surface area contributed by atoms with Crippen LogP contribution in [0.5, 0.6) is 0 Å². The van der Waals surface area contributed by atoms with Gasteiger partial charge in [0.15, 0.2) is 0 Å².